The van der Waals surface area contributed by atoms with Crippen molar-refractivity contribution in [1.82, 2.24) is 15.1 Å². The Morgan fingerprint density at radius 2 is 2.29 bits per heavy atom. The fraction of sp³-hybridized carbons (Fsp3) is 0.700. The van der Waals surface area contributed by atoms with E-state index in [1.165, 1.54) is 0 Å². The number of hydrogen-bond donors (Lipinski definition) is 2. The highest BCUT2D eigenvalue weighted by Crippen LogP contribution is 1.96. The molecule has 14 heavy (non-hydrogen) atoms. The largest absolute Gasteiger partial charge is 0.390 e. The Bertz CT molecular complexity index is 270. The van der Waals surface area contributed by atoms with E-state index in [2.05, 4.69) is 24.3 Å². The monoisotopic (exact) mass is 197 g/mol. The van der Waals surface area contributed by atoms with Gasteiger partial charge in [-0.1, -0.05) is 13.8 Å². The second-order valence-electron chi connectivity index (χ2n) is 3.96. The second-order valence-corrected chi connectivity index (χ2v) is 3.96. The van der Waals surface area contributed by atoms with Crippen LogP contribution in [0.2, 0.25) is 0 Å². The highest BCUT2D eigenvalue weighted by atomic mass is 16.3. The van der Waals surface area contributed by atoms with Crippen LogP contribution in [0.4, 0.5) is 0 Å². The van der Waals surface area contributed by atoms with Crippen molar-refractivity contribution in [2.24, 2.45) is 0 Å². The standard InChI is InChI=1S/C10H19N3O/c1-8(2)11-5-10(14)7-13-6-9(3)4-12-13/h4,6,8,10-11,14H,5,7H2,1-3H3. The van der Waals surface area contributed by atoms with Crippen LogP contribution in [0.5, 0.6) is 0 Å². The van der Waals surface area contributed by atoms with Crippen LogP contribution < -0.4 is 5.32 Å². The van der Waals surface area contributed by atoms with Crippen molar-refractivity contribution in [3.63, 3.8) is 0 Å². The molecule has 2 N–H and O–H groups in total. The average Bonchev–Trinajstić information content (AvgIpc) is 2.48. The Morgan fingerprint density at radius 1 is 1.57 bits per heavy atom. The Labute approximate surface area is 84.9 Å². The lowest BCUT2D eigenvalue weighted by molar-refractivity contribution is 0.144. The van der Waals surface area contributed by atoms with Gasteiger partial charge in [-0.15, -0.1) is 0 Å². The molecule has 80 valence electrons. The summed E-state index contributed by atoms with van der Waals surface area (Å²) in [5.41, 5.74) is 1.12. The molecule has 0 fully saturated rings. The molecule has 0 aromatic carbocycles. The molecule has 0 radical (unpaired) electrons. The summed E-state index contributed by atoms with van der Waals surface area (Å²) in [6, 6.07) is 0.406. The molecule has 4 heteroatoms. The van der Waals surface area contributed by atoms with Crippen LogP contribution in [0.3, 0.4) is 0 Å². The first-order valence-electron chi connectivity index (χ1n) is 4.98. The fourth-order valence-corrected chi connectivity index (χ4v) is 1.22. The maximum Gasteiger partial charge on any atom is 0.0860 e. The maximum absolute atomic E-state index is 9.64. The molecular weight excluding hydrogens is 178 g/mol. The molecule has 0 saturated carbocycles. The predicted octanol–water partition coefficient (Wildman–Crippen LogP) is 0.550. The molecule has 0 amide bonds. The average molecular weight is 197 g/mol. The first kappa shape index (κ1) is 11.2. The van der Waals surface area contributed by atoms with Gasteiger partial charge in [0.2, 0.25) is 0 Å². The molecule has 1 aromatic rings. The van der Waals surface area contributed by atoms with Crippen LogP contribution in [0.25, 0.3) is 0 Å². The van der Waals surface area contributed by atoms with Gasteiger partial charge in [0, 0.05) is 18.8 Å². The van der Waals surface area contributed by atoms with E-state index >= 15 is 0 Å². The lowest BCUT2D eigenvalue weighted by Gasteiger charge is -2.13. The molecular formula is C10H19N3O. The van der Waals surface area contributed by atoms with E-state index in [-0.39, 0.29) is 6.10 Å². The number of nitrogens with one attached hydrogen (secondary N) is 1. The zero-order valence-electron chi connectivity index (χ0n) is 9.07. The topological polar surface area (TPSA) is 50.1 Å². The first-order chi connectivity index (χ1) is 6.58. The molecule has 0 spiro atoms. The lowest BCUT2D eigenvalue weighted by Crippen LogP contribution is -2.34. The van der Waals surface area contributed by atoms with Gasteiger partial charge in [0.1, 0.15) is 0 Å². The maximum atomic E-state index is 9.64. The lowest BCUT2D eigenvalue weighted by atomic mass is 10.3. The van der Waals surface area contributed by atoms with Crippen molar-refractivity contribution in [3.8, 4) is 0 Å². The number of rotatable bonds is 5. The number of aromatic nitrogens is 2. The molecule has 1 rings (SSSR count). The summed E-state index contributed by atoms with van der Waals surface area (Å²) >= 11 is 0. The van der Waals surface area contributed by atoms with Crippen molar-refractivity contribution >= 4 is 0 Å². The van der Waals surface area contributed by atoms with Crippen LogP contribution in [-0.4, -0.2) is 33.6 Å². The predicted molar refractivity (Wildman–Crippen MR) is 56.1 cm³/mol. The molecule has 0 aliphatic heterocycles. The molecule has 0 aliphatic carbocycles. The molecule has 1 unspecified atom stereocenters. The number of aryl methyl sites for hydroxylation is 1. The van der Waals surface area contributed by atoms with Crippen LogP contribution >= 0.6 is 0 Å². The normalized spacial score (nSPS) is 13.5. The Hall–Kier alpha value is -0.870. The smallest absolute Gasteiger partial charge is 0.0860 e. The van der Waals surface area contributed by atoms with E-state index in [1.807, 2.05) is 13.1 Å². The van der Waals surface area contributed by atoms with Crippen molar-refractivity contribution in [2.45, 2.75) is 39.5 Å². The Kier molecular flexibility index (Phi) is 4.10. The third-order valence-electron chi connectivity index (χ3n) is 1.92. The molecule has 0 saturated heterocycles. The van der Waals surface area contributed by atoms with Crippen LogP contribution in [0, 0.1) is 6.92 Å². The summed E-state index contributed by atoms with van der Waals surface area (Å²) in [5.74, 6) is 0. The van der Waals surface area contributed by atoms with Crippen molar-refractivity contribution in [3.05, 3.63) is 18.0 Å². The molecule has 1 aromatic heterocycles. The number of aliphatic hydroxyl groups excluding tert-OH is 1. The summed E-state index contributed by atoms with van der Waals surface area (Å²) in [4.78, 5) is 0. The number of nitrogens with zero attached hydrogens (tertiary/aromatic N) is 2. The molecule has 1 heterocycles. The van der Waals surface area contributed by atoms with Gasteiger partial charge in [-0.05, 0) is 12.5 Å². The zero-order chi connectivity index (χ0) is 10.6. The SMILES string of the molecule is Cc1cnn(CC(O)CNC(C)C)c1. The van der Waals surface area contributed by atoms with E-state index in [1.54, 1.807) is 10.9 Å². The van der Waals surface area contributed by atoms with E-state index in [4.69, 9.17) is 0 Å². The summed E-state index contributed by atoms with van der Waals surface area (Å²) in [6.07, 6.45) is 3.35. The quantitative estimate of drug-likeness (QED) is 0.725. The molecule has 4 nitrogen and oxygen atoms in total. The van der Waals surface area contributed by atoms with Gasteiger partial charge in [-0.25, -0.2) is 0 Å². The fourth-order valence-electron chi connectivity index (χ4n) is 1.22. The minimum atomic E-state index is -0.378. The summed E-state index contributed by atoms with van der Waals surface area (Å²) in [5, 5.41) is 16.9. The van der Waals surface area contributed by atoms with E-state index in [9.17, 15) is 5.11 Å². The van der Waals surface area contributed by atoms with Gasteiger partial charge in [0.25, 0.3) is 0 Å². The summed E-state index contributed by atoms with van der Waals surface area (Å²) in [6.45, 7) is 7.27. The molecule has 0 aliphatic rings. The summed E-state index contributed by atoms with van der Waals surface area (Å²) in [7, 11) is 0. The van der Waals surface area contributed by atoms with E-state index in [0.29, 0.717) is 19.1 Å². The van der Waals surface area contributed by atoms with Crippen LogP contribution in [0.15, 0.2) is 12.4 Å². The highest BCUT2D eigenvalue weighted by Gasteiger charge is 2.06. The van der Waals surface area contributed by atoms with E-state index < -0.39 is 0 Å². The van der Waals surface area contributed by atoms with Gasteiger partial charge < -0.3 is 10.4 Å². The van der Waals surface area contributed by atoms with Gasteiger partial charge in [0.15, 0.2) is 0 Å². The van der Waals surface area contributed by atoms with Crippen LogP contribution in [-0.2, 0) is 6.54 Å². The van der Waals surface area contributed by atoms with Gasteiger partial charge in [-0.3, -0.25) is 4.68 Å². The Morgan fingerprint density at radius 3 is 2.79 bits per heavy atom. The first-order valence-corrected chi connectivity index (χ1v) is 4.98. The summed E-state index contributed by atoms with van der Waals surface area (Å²) < 4.78 is 1.77. The third-order valence-corrected chi connectivity index (χ3v) is 1.92. The van der Waals surface area contributed by atoms with Crippen LogP contribution in [0.1, 0.15) is 19.4 Å². The van der Waals surface area contributed by atoms with Crippen molar-refractivity contribution < 1.29 is 5.11 Å². The van der Waals surface area contributed by atoms with Crippen molar-refractivity contribution in [1.29, 1.82) is 0 Å². The number of aliphatic hydroxyl groups is 1. The van der Waals surface area contributed by atoms with E-state index in [0.717, 1.165) is 5.56 Å². The molecule has 1 atom stereocenters. The van der Waals surface area contributed by atoms with Crippen molar-refractivity contribution in [2.75, 3.05) is 6.54 Å². The minimum Gasteiger partial charge on any atom is -0.390 e. The Balaban J connectivity index is 2.30. The van der Waals surface area contributed by atoms with Gasteiger partial charge in [-0.2, -0.15) is 5.10 Å². The zero-order valence-corrected chi connectivity index (χ0v) is 9.07. The molecule has 0 bridgehead atoms. The minimum absolute atomic E-state index is 0.378. The second kappa shape index (κ2) is 5.12. The van der Waals surface area contributed by atoms with Gasteiger partial charge in [0.05, 0.1) is 18.8 Å². The number of hydrogen-bond acceptors (Lipinski definition) is 3. The van der Waals surface area contributed by atoms with Gasteiger partial charge >= 0.3 is 0 Å². The third kappa shape index (κ3) is 3.89. The highest BCUT2D eigenvalue weighted by molar-refractivity contribution is 4.99.